The lowest BCUT2D eigenvalue weighted by Gasteiger charge is -2.08. The van der Waals surface area contributed by atoms with Gasteiger partial charge >= 0.3 is 0 Å². The zero-order valence-corrected chi connectivity index (χ0v) is 7.77. The summed E-state index contributed by atoms with van der Waals surface area (Å²) in [6, 6.07) is 0. The third-order valence-corrected chi connectivity index (χ3v) is 2.56. The SMILES string of the molecule is Cn1ncc(C(O)CN)c1C1CC1. The van der Waals surface area contributed by atoms with E-state index >= 15 is 0 Å². The van der Waals surface area contributed by atoms with Crippen LogP contribution in [0.2, 0.25) is 0 Å². The minimum atomic E-state index is -0.552. The molecule has 1 aromatic heterocycles. The van der Waals surface area contributed by atoms with Crippen LogP contribution in [-0.2, 0) is 7.05 Å². The van der Waals surface area contributed by atoms with Gasteiger partial charge in [-0.2, -0.15) is 5.10 Å². The average Bonchev–Trinajstić information content (AvgIpc) is 2.89. The van der Waals surface area contributed by atoms with Gasteiger partial charge in [-0.3, -0.25) is 4.68 Å². The maximum atomic E-state index is 9.62. The Morgan fingerprint density at radius 3 is 3.00 bits per heavy atom. The molecule has 1 aromatic rings. The molecule has 1 atom stereocenters. The molecule has 1 aliphatic carbocycles. The summed E-state index contributed by atoms with van der Waals surface area (Å²) in [5.41, 5.74) is 7.49. The van der Waals surface area contributed by atoms with Crippen molar-refractivity contribution in [2.75, 3.05) is 6.54 Å². The van der Waals surface area contributed by atoms with Gasteiger partial charge in [-0.15, -0.1) is 0 Å². The fraction of sp³-hybridized carbons (Fsp3) is 0.667. The highest BCUT2D eigenvalue weighted by atomic mass is 16.3. The van der Waals surface area contributed by atoms with Gasteiger partial charge < -0.3 is 10.8 Å². The molecule has 0 radical (unpaired) electrons. The monoisotopic (exact) mass is 181 g/mol. The van der Waals surface area contributed by atoms with Gasteiger partial charge in [0.05, 0.1) is 12.3 Å². The molecular formula is C9H15N3O. The molecule has 0 bridgehead atoms. The summed E-state index contributed by atoms with van der Waals surface area (Å²) >= 11 is 0. The Bertz CT molecular complexity index is 304. The Kier molecular flexibility index (Phi) is 2.09. The zero-order chi connectivity index (χ0) is 9.42. The van der Waals surface area contributed by atoms with Crippen LogP contribution in [0.25, 0.3) is 0 Å². The first-order valence-electron chi connectivity index (χ1n) is 4.64. The van der Waals surface area contributed by atoms with Crippen molar-refractivity contribution in [2.24, 2.45) is 12.8 Å². The summed E-state index contributed by atoms with van der Waals surface area (Å²) in [7, 11) is 1.92. The van der Waals surface area contributed by atoms with Crippen molar-refractivity contribution in [3.05, 3.63) is 17.5 Å². The molecule has 1 heterocycles. The van der Waals surface area contributed by atoms with Crippen LogP contribution in [0, 0.1) is 0 Å². The predicted octanol–water partition coefficient (Wildman–Crippen LogP) is 0.290. The summed E-state index contributed by atoms with van der Waals surface area (Å²) in [5, 5.41) is 13.8. The summed E-state index contributed by atoms with van der Waals surface area (Å²) < 4.78 is 1.85. The molecule has 1 saturated carbocycles. The molecule has 13 heavy (non-hydrogen) atoms. The first kappa shape index (κ1) is 8.72. The van der Waals surface area contributed by atoms with Crippen molar-refractivity contribution in [2.45, 2.75) is 24.9 Å². The number of nitrogens with zero attached hydrogens (tertiary/aromatic N) is 2. The second-order valence-electron chi connectivity index (χ2n) is 3.63. The summed E-state index contributed by atoms with van der Waals surface area (Å²) in [6.07, 6.45) is 3.60. The van der Waals surface area contributed by atoms with Gasteiger partial charge in [0.1, 0.15) is 0 Å². The number of aryl methyl sites for hydroxylation is 1. The maximum Gasteiger partial charge on any atom is 0.0945 e. The van der Waals surface area contributed by atoms with Crippen LogP contribution in [0.5, 0.6) is 0 Å². The van der Waals surface area contributed by atoms with Crippen LogP contribution in [-0.4, -0.2) is 21.4 Å². The fourth-order valence-electron chi connectivity index (χ4n) is 1.70. The van der Waals surface area contributed by atoms with E-state index in [0.29, 0.717) is 5.92 Å². The van der Waals surface area contributed by atoms with Gasteiger partial charge in [-0.1, -0.05) is 0 Å². The molecule has 1 unspecified atom stereocenters. The fourth-order valence-corrected chi connectivity index (χ4v) is 1.70. The van der Waals surface area contributed by atoms with E-state index in [9.17, 15) is 5.11 Å². The van der Waals surface area contributed by atoms with Crippen LogP contribution >= 0.6 is 0 Å². The van der Waals surface area contributed by atoms with Crippen LogP contribution in [0.15, 0.2) is 6.20 Å². The van der Waals surface area contributed by atoms with E-state index in [1.165, 1.54) is 12.8 Å². The van der Waals surface area contributed by atoms with Crippen LogP contribution < -0.4 is 5.73 Å². The predicted molar refractivity (Wildman–Crippen MR) is 49.2 cm³/mol. The van der Waals surface area contributed by atoms with Gasteiger partial charge in [0, 0.05) is 30.8 Å². The van der Waals surface area contributed by atoms with E-state index in [0.717, 1.165) is 11.3 Å². The van der Waals surface area contributed by atoms with Crippen molar-refractivity contribution in [1.29, 1.82) is 0 Å². The molecule has 3 N–H and O–H groups in total. The Labute approximate surface area is 77.4 Å². The van der Waals surface area contributed by atoms with Crippen molar-refractivity contribution < 1.29 is 5.11 Å². The van der Waals surface area contributed by atoms with Crippen LogP contribution in [0.1, 0.15) is 36.1 Å². The molecule has 4 nitrogen and oxygen atoms in total. The van der Waals surface area contributed by atoms with Crippen LogP contribution in [0.3, 0.4) is 0 Å². The van der Waals surface area contributed by atoms with Crippen molar-refractivity contribution in [3.63, 3.8) is 0 Å². The number of hydrogen-bond donors (Lipinski definition) is 2. The van der Waals surface area contributed by atoms with E-state index in [-0.39, 0.29) is 6.54 Å². The van der Waals surface area contributed by atoms with E-state index in [1.54, 1.807) is 6.20 Å². The molecule has 0 saturated heterocycles. The molecular weight excluding hydrogens is 166 g/mol. The molecule has 0 spiro atoms. The minimum Gasteiger partial charge on any atom is -0.387 e. The standard InChI is InChI=1S/C9H15N3O/c1-12-9(6-2-3-6)7(5-11-12)8(13)4-10/h5-6,8,13H,2-4,10H2,1H3. The maximum absolute atomic E-state index is 9.62. The summed E-state index contributed by atoms with van der Waals surface area (Å²) in [4.78, 5) is 0. The highest BCUT2D eigenvalue weighted by Gasteiger charge is 2.30. The molecule has 1 aliphatic rings. The molecule has 0 aromatic carbocycles. The molecule has 0 amide bonds. The number of rotatable bonds is 3. The molecule has 4 heteroatoms. The minimum absolute atomic E-state index is 0.269. The second kappa shape index (κ2) is 3.12. The lowest BCUT2D eigenvalue weighted by atomic mass is 10.1. The Morgan fingerprint density at radius 1 is 1.77 bits per heavy atom. The molecule has 72 valence electrons. The quantitative estimate of drug-likeness (QED) is 0.704. The largest absolute Gasteiger partial charge is 0.387 e. The summed E-state index contributed by atoms with van der Waals surface area (Å²) in [5.74, 6) is 0.601. The lowest BCUT2D eigenvalue weighted by Crippen LogP contribution is -2.13. The Hall–Kier alpha value is -0.870. The van der Waals surface area contributed by atoms with Gasteiger partial charge in [0.2, 0.25) is 0 Å². The number of aliphatic hydroxyl groups excluding tert-OH is 1. The zero-order valence-electron chi connectivity index (χ0n) is 7.77. The van der Waals surface area contributed by atoms with Gasteiger partial charge in [-0.05, 0) is 12.8 Å². The molecule has 0 aliphatic heterocycles. The first-order valence-corrected chi connectivity index (χ1v) is 4.64. The number of nitrogens with two attached hydrogens (primary N) is 1. The van der Waals surface area contributed by atoms with Crippen molar-refractivity contribution in [1.82, 2.24) is 9.78 Å². The van der Waals surface area contributed by atoms with E-state index in [4.69, 9.17) is 5.73 Å². The highest BCUT2D eigenvalue weighted by Crippen LogP contribution is 2.42. The van der Waals surface area contributed by atoms with E-state index < -0.39 is 6.10 Å². The number of aliphatic hydroxyl groups is 1. The smallest absolute Gasteiger partial charge is 0.0945 e. The van der Waals surface area contributed by atoms with E-state index in [1.807, 2.05) is 11.7 Å². The third kappa shape index (κ3) is 1.47. The normalized spacial score (nSPS) is 19.0. The second-order valence-corrected chi connectivity index (χ2v) is 3.63. The highest BCUT2D eigenvalue weighted by molar-refractivity contribution is 5.27. The number of aromatic nitrogens is 2. The van der Waals surface area contributed by atoms with Crippen molar-refractivity contribution in [3.8, 4) is 0 Å². The van der Waals surface area contributed by atoms with Crippen molar-refractivity contribution >= 4 is 0 Å². The third-order valence-electron chi connectivity index (χ3n) is 2.56. The average molecular weight is 181 g/mol. The Morgan fingerprint density at radius 2 is 2.46 bits per heavy atom. The van der Waals surface area contributed by atoms with E-state index in [2.05, 4.69) is 5.10 Å². The molecule has 1 fully saturated rings. The lowest BCUT2D eigenvalue weighted by molar-refractivity contribution is 0.185. The van der Waals surface area contributed by atoms with Gasteiger partial charge in [-0.25, -0.2) is 0 Å². The Balaban J connectivity index is 2.33. The first-order chi connectivity index (χ1) is 6.24. The molecule has 2 rings (SSSR count). The summed E-state index contributed by atoms with van der Waals surface area (Å²) in [6.45, 7) is 0.269. The van der Waals surface area contributed by atoms with Crippen LogP contribution in [0.4, 0.5) is 0 Å². The number of hydrogen-bond acceptors (Lipinski definition) is 3. The topological polar surface area (TPSA) is 64.1 Å². The van der Waals surface area contributed by atoms with Gasteiger partial charge in [0.15, 0.2) is 0 Å². The van der Waals surface area contributed by atoms with Gasteiger partial charge in [0.25, 0.3) is 0 Å².